The molecule has 0 bridgehead atoms. The molecular formula is C11H10FN3OS. The lowest BCUT2D eigenvalue weighted by Crippen LogP contribution is -1.98. The Hall–Kier alpha value is -1.69. The molecule has 0 aliphatic carbocycles. The largest absolute Gasteiger partial charge is 0.294 e. The molecular weight excluding hydrogens is 241 g/mol. The number of halogens is 1. The molecule has 2 aromatic rings. The molecule has 1 aromatic carbocycles. The summed E-state index contributed by atoms with van der Waals surface area (Å²) in [5.41, 5.74) is 0.359. The van der Waals surface area contributed by atoms with Gasteiger partial charge < -0.3 is 0 Å². The minimum atomic E-state index is -0.419. The molecule has 17 heavy (non-hydrogen) atoms. The van der Waals surface area contributed by atoms with Gasteiger partial charge in [-0.15, -0.1) is 0 Å². The van der Waals surface area contributed by atoms with Crippen LogP contribution in [0.2, 0.25) is 0 Å². The Bertz CT molecular complexity index is 568. The Morgan fingerprint density at radius 3 is 2.82 bits per heavy atom. The molecule has 0 aliphatic heterocycles. The highest BCUT2D eigenvalue weighted by molar-refractivity contribution is 7.99. The number of aromatic nitrogens is 3. The number of benzene rings is 1. The number of aryl methyl sites for hydroxylation is 1. The predicted molar refractivity (Wildman–Crippen MR) is 61.5 cm³/mol. The molecule has 88 valence electrons. The van der Waals surface area contributed by atoms with Crippen LogP contribution in [-0.2, 0) is 7.05 Å². The summed E-state index contributed by atoms with van der Waals surface area (Å²) >= 11 is 1.29. The van der Waals surface area contributed by atoms with E-state index in [4.69, 9.17) is 0 Å². The van der Waals surface area contributed by atoms with Crippen LogP contribution in [0.5, 0.6) is 0 Å². The second-order valence-electron chi connectivity index (χ2n) is 3.46. The SMILES string of the molecule is CC(=O)c1cc(F)ccc1Sc1ncnn1C. The summed E-state index contributed by atoms with van der Waals surface area (Å²) in [4.78, 5) is 16.1. The van der Waals surface area contributed by atoms with E-state index in [1.165, 1.54) is 37.1 Å². The van der Waals surface area contributed by atoms with E-state index in [0.29, 0.717) is 15.6 Å². The van der Waals surface area contributed by atoms with Crippen molar-refractivity contribution in [3.63, 3.8) is 0 Å². The zero-order chi connectivity index (χ0) is 12.4. The summed E-state index contributed by atoms with van der Waals surface area (Å²) < 4.78 is 14.7. The molecule has 0 aliphatic rings. The number of nitrogens with zero attached hydrogens (tertiary/aromatic N) is 3. The van der Waals surface area contributed by atoms with Crippen molar-refractivity contribution < 1.29 is 9.18 Å². The zero-order valence-corrected chi connectivity index (χ0v) is 10.2. The summed E-state index contributed by atoms with van der Waals surface area (Å²) in [5.74, 6) is -0.591. The van der Waals surface area contributed by atoms with Crippen molar-refractivity contribution in [1.29, 1.82) is 0 Å². The highest BCUT2D eigenvalue weighted by atomic mass is 32.2. The van der Waals surface area contributed by atoms with E-state index in [2.05, 4.69) is 10.1 Å². The summed E-state index contributed by atoms with van der Waals surface area (Å²) in [5, 5.41) is 4.58. The van der Waals surface area contributed by atoms with Crippen LogP contribution in [0, 0.1) is 5.82 Å². The van der Waals surface area contributed by atoms with Gasteiger partial charge in [-0.3, -0.25) is 4.79 Å². The molecule has 4 nitrogen and oxygen atoms in total. The number of Topliss-reactive ketones (excluding diaryl/α,β-unsaturated/α-hetero) is 1. The van der Waals surface area contributed by atoms with E-state index >= 15 is 0 Å². The lowest BCUT2D eigenvalue weighted by Gasteiger charge is -2.05. The first kappa shape index (κ1) is 11.8. The Balaban J connectivity index is 2.39. The van der Waals surface area contributed by atoms with E-state index in [1.54, 1.807) is 17.8 Å². The quantitative estimate of drug-likeness (QED) is 0.785. The highest BCUT2D eigenvalue weighted by Gasteiger charge is 2.12. The van der Waals surface area contributed by atoms with Crippen LogP contribution in [0.3, 0.4) is 0 Å². The number of ketones is 1. The van der Waals surface area contributed by atoms with Crippen LogP contribution >= 0.6 is 11.8 Å². The minimum Gasteiger partial charge on any atom is -0.294 e. The topological polar surface area (TPSA) is 47.8 Å². The van der Waals surface area contributed by atoms with E-state index in [-0.39, 0.29) is 5.78 Å². The fourth-order valence-corrected chi connectivity index (χ4v) is 2.27. The fraction of sp³-hybridized carbons (Fsp3) is 0.182. The van der Waals surface area contributed by atoms with E-state index < -0.39 is 5.82 Å². The van der Waals surface area contributed by atoms with E-state index in [9.17, 15) is 9.18 Å². The van der Waals surface area contributed by atoms with Gasteiger partial charge in [0.05, 0.1) is 0 Å². The van der Waals surface area contributed by atoms with Crippen LogP contribution in [0.15, 0.2) is 34.6 Å². The highest BCUT2D eigenvalue weighted by Crippen LogP contribution is 2.29. The predicted octanol–water partition coefficient (Wildman–Crippen LogP) is 2.31. The van der Waals surface area contributed by atoms with Crippen molar-refractivity contribution in [2.45, 2.75) is 17.0 Å². The molecule has 0 spiro atoms. The van der Waals surface area contributed by atoms with Gasteiger partial charge in [0.15, 0.2) is 10.9 Å². The number of carbonyl (C=O) groups is 1. The first-order valence-corrected chi connectivity index (χ1v) is 5.72. The summed E-state index contributed by atoms with van der Waals surface area (Å²) in [6.07, 6.45) is 1.43. The molecule has 6 heteroatoms. The van der Waals surface area contributed by atoms with Gasteiger partial charge in [0.25, 0.3) is 0 Å². The lowest BCUT2D eigenvalue weighted by molar-refractivity contribution is 0.101. The van der Waals surface area contributed by atoms with Crippen molar-refractivity contribution >= 4 is 17.5 Å². The van der Waals surface area contributed by atoms with Gasteiger partial charge in [0.2, 0.25) is 0 Å². The van der Waals surface area contributed by atoms with Crippen molar-refractivity contribution in [2.75, 3.05) is 0 Å². The van der Waals surface area contributed by atoms with Crippen molar-refractivity contribution in [2.24, 2.45) is 7.05 Å². The van der Waals surface area contributed by atoms with Gasteiger partial charge in [0, 0.05) is 17.5 Å². The third-order valence-corrected chi connectivity index (χ3v) is 3.32. The van der Waals surface area contributed by atoms with Crippen molar-refractivity contribution in [3.05, 3.63) is 35.9 Å². The summed E-state index contributed by atoms with van der Waals surface area (Å²) in [7, 11) is 1.76. The third-order valence-electron chi connectivity index (χ3n) is 2.19. The van der Waals surface area contributed by atoms with Crippen LogP contribution < -0.4 is 0 Å². The molecule has 1 aromatic heterocycles. The standard InChI is InChI=1S/C11H10FN3OS/c1-7(16)9-5-8(12)3-4-10(9)17-11-13-6-14-15(11)2/h3-6H,1-2H3. The van der Waals surface area contributed by atoms with Gasteiger partial charge in [-0.05, 0) is 36.9 Å². The Kier molecular flexibility index (Phi) is 3.23. The lowest BCUT2D eigenvalue weighted by atomic mass is 10.1. The second kappa shape index (κ2) is 4.67. The van der Waals surface area contributed by atoms with Gasteiger partial charge in [-0.25, -0.2) is 14.1 Å². The molecule has 0 atom stereocenters. The van der Waals surface area contributed by atoms with Crippen LogP contribution in [0.25, 0.3) is 0 Å². The minimum absolute atomic E-state index is 0.172. The maximum absolute atomic E-state index is 13.1. The maximum atomic E-state index is 13.1. The number of hydrogen-bond acceptors (Lipinski definition) is 4. The molecule has 0 amide bonds. The van der Waals surface area contributed by atoms with Gasteiger partial charge in [0.1, 0.15) is 12.1 Å². The molecule has 1 heterocycles. The first-order valence-electron chi connectivity index (χ1n) is 4.90. The fourth-order valence-electron chi connectivity index (χ4n) is 1.34. The molecule has 0 radical (unpaired) electrons. The molecule has 0 saturated carbocycles. The molecule has 0 unspecified atom stereocenters. The third kappa shape index (κ3) is 2.52. The average molecular weight is 251 g/mol. The smallest absolute Gasteiger partial charge is 0.190 e. The van der Waals surface area contributed by atoms with Crippen molar-refractivity contribution in [1.82, 2.24) is 14.8 Å². The maximum Gasteiger partial charge on any atom is 0.190 e. The molecule has 0 saturated heterocycles. The Labute approximate surface area is 102 Å². The first-order chi connectivity index (χ1) is 8.08. The Morgan fingerprint density at radius 1 is 1.47 bits per heavy atom. The summed E-state index contributed by atoms with van der Waals surface area (Å²) in [6.45, 7) is 1.41. The average Bonchev–Trinajstić information content (AvgIpc) is 2.67. The van der Waals surface area contributed by atoms with E-state index in [1.807, 2.05) is 0 Å². The van der Waals surface area contributed by atoms with Gasteiger partial charge >= 0.3 is 0 Å². The normalized spacial score (nSPS) is 10.5. The van der Waals surface area contributed by atoms with Gasteiger partial charge in [-0.2, -0.15) is 5.10 Å². The van der Waals surface area contributed by atoms with Crippen LogP contribution in [-0.4, -0.2) is 20.5 Å². The van der Waals surface area contributed by atoms with Crippen LogP contribution in [0.1, 0.15) is 17.3 Å². The molecule has 0 fully saturated rings. The Morgan fingerprint density at radius 2 is 2.24 bits per heavy atom. The molecule has 2 rings (SSSR count). The number of carbonyl (C=O) groups excluding carboxylic acids is 1. The van der Waals surface area contributed by atoms with E-state index in [0.717, 1.165) is 0 Å². The second-order valence-corrected chi connectivity index (χ2v) is 4.47. The van der Waals surface area contributed by atoms with Crippen LogP contribution in [0.4, 0.5) is 4.39 Å². The van der Waals surface area contributed by atoms with Gasteiger partial charge in [-0.1, -0.05) is 0 Å². The number of rotatable bonds is 3. The number of hydrogen-bond donors (Lipinski definition) is 0. The summed E-state index contributed by atoms with van der Waals surface area (Å²) in [6, 6.07) is 4.14. The zero-order valence-electron chi connectivity index (χ0n) is 9.35. The molecule has 0 N–H and O–H groups in total. The van der Waals surface area contributed by atoms with Crippen molar-refractivity contribution in [3.8, 4) is 0 Å². The monoisotopic (exact) mass is 251 g/mol.